The molecule has 230 valence electrons. The van der Waals surface area contributed by atoms with Gasteiger partial charge < -0.3 is 14.8 Å². The smallest absolute Gasteiger partial charge is 0.320 e. The summed E-state index contributed by atoms with van der Waals surface area (Å²) in [7, 11) is 1.76. The average molecular weight is 606 g/mol. The summed E-state index contributed by atoms with van der Waals surface area (Å²) >= 11 is 0. The molecule has 0 radical (unpaired) electrons. The van der Waals surface area contributed by atoms with E-state index in [1.165, 1.54) is 11.2 Å². The third-order valence-corrected chi connectivity index (χ3v) is 9.41. The molecule has 0 bridgehead atoms. The van der Waals surface area contributed by atoms with Gasteiger partial charge in [0.05, 0.1) is 12.1 Å². The quantitative estimate of drug-likeness (QED) is 0.278. The fourth-order valence-electron chi connectivity index (χ4n) is 6.88. The van der Waals surface area contributed by atoms with Crippen LogP contribution in [0.4, 0.5) is 32.0 Å². The number of carbonyl (C=O) groups is 1. The van der Waals surface area contributed by atoms with Gasteiger partial charge in [0.15, 0.2) is 0 Å². The Bertz CT molecular complexity index is 1520. The molecule has 6 nitrogen and oxygen atoms in total. The number of aryl methyl sites for hydroxylation is 1. The molecule has 2 saturated carbocycles. The number of amides is 1. The van der Waals surface area contributed by atoms with Crippen molar-refractivity contribution < 1.29 is 31.1 Å². The van der Waals surface area contributed by atoms with Gasteiger partial charge in [0, 0.05) is 42.7 Å². The summed E-state index contributed by atoms with van der Waals surface area (Å²) in [6.07, 6.45) is -4.49. The second kappa shape index (κ2) is 10.6. The fraction of sp³-hybridized carbons (Fsp3) is 0.516. The molecule has 1 unspecified atom stereocenters. The number of halogens is 6. The molecule has 1 aliphatic heterocycles. The largest absolute Gasteiger partial charge is 0.416 e. The zero-order valence-electron chi connectivity index (χ0n) is 23.9. The summed E-state index contributed by atoms with van der Waals surface area (Å²) in [5, 5.41) is 11.6. The van der Waals surface area contributed by atoms with E-state index in [1.807, 2.05) is 13.0 Å². The highest BCUT2D eigenvalue weighted by molar-refractivity contribution is 6.10. The zero-order chi connectivity index (χ0) is 30.7. The minimum Gasteiger partial charge on any atom is -0.320 e. The van der Waals surface area contributed by atoms with E-state index in [-0.39, 0.29) is 41.6 Å². The molecule has 2 aromatic carbocycles. The molecule has 1 atom stereocenters. The van der Waals surface area contributed by atoms with Gasteiger partial charge in [0.25, 0.3) is 5.91 Å². The first-order valence-corrected chi connectivity index (χ1v) is 14.5. The summed E-state index contributed by atoms with van der Waals surface area (Å²) in [5.74, 6) is -0.914. The predicted octanol–water partition coefficient (Wildman–Crippen LogP) is 7.14. The summed E-state index contributed by atoms with van der Waals surface area (Å²) in [4.78, 5) is 15.0. The fourth-order valence-corrected chi connectivity index (χ4v) is 6.88. The molecule has 0 spiro atoms. The topological polar surface area (TPSA) is 63.1 Å². The number of fused-ring (bicyclic) bond motifs is 1. The molecule has 2 aliphatic carbocycles. The molecular formula is C31H33F6N5O. The zero-order valence-corrected chi connectivity index (χ0v) is 23.9. The van der Waals surface area contributed by atoms with Gasteiger partial charge in [-0.15, -0.1) is 10.2 Å². The van der Waals surface area contributed by atoms with Crippen molar-refractivity contribution in [1.82, 2.24) is 20.1 Å². The van der Waals surface area contributed by atoms with Gasteiger partial charge in [-0.1, -0.05) is 12.1 Å². The van der Waals surface area contributed by atoms with Crippen LogP contribution in [0.3, 0.4) is 0 Å². The van der Waals surface area contributed by atoms with Gasteiger partial charge >= 0.3 is 12.4 Å². The molecule has 1 N–H and O–H groups in total. The molecule has 6 rings (SSSR count). The monoisotopic (exact) mass is 605 g/mol. The molecule has 3 aliphatic rings. The molecule has 3 aromatic rings. The van der Waals surface area contributed by atoms with Gasteiger partial charge in [0.2, 0.25) is 0 Å². The summed E-state index contributed by atoms with van der Waals surface area (Å²) in [6.45, 7) is 2.04. The van der Waals surface area contributed by atoms with Crippen molar-refractivity contribution in [2.45, 2.75) is 82.3 Å². The average Bonchev–Trinajstić information content (AvgIpc) is 3.46. The summed E-state index contributed by atoms with van der Waals surface area (Å²) < 4.78 is 83.4. The first-order valence-electron chi connectivity index (χ1n) is 14.5. The van der Waals surface area contributed by atoms with Gasteiger partial charge in [-0.05, 0) is 91.8 Å². The Morgan fingerprint density at radius 2 is 1.84 bits per heavy atom. The lowest BCUT2D eigenvalue weighted by molar-refractivity contribution is -0.154. The van der Waals surface area contributed by atoms with E-state index in [0.29, 0.717) is 29.9 Å². The Kier molecular flexibility index (Phi) is 7.34. The Morgan fingerprint density at radius 3 is 2.44 bits per heavy atom. The van der Waals surface area contributed by atoms with Crippen molar-refractivity contribution in [1.29, 1.82) is 0 Å². The number of benzene rings is 2. The molecular weight excluding hydrogens is 572 g/mol. The first-order chi connectivity index (χ1) is 20.2. The van der Waals surface area contributed by atoms with Crippen LogP contribution in [0, 0.1) is 11.8 Å². The van der Waals surface area contributed by atoms with Crippen LogP contribution in [0.2, 0.25) is 0 Å². The number of carbonyl (C=O) groups excluding carboxylic acids is 1. The van der Waals surface area contributed by atoms with Crippen LogP contribution in [-0.4, -0.2) is 32.4 Å². The number of rotatable bonds is 8. The normalized spacial score (nSPS) is 22.2. The third-order valence-electron chi connectivity index (χ3n) is 9.41. The highest BCUT2D eigenvalue weighted by Gasteiger charge is 2.44. The lowest BCUT2D eigenvalue weighted by Crippen LogP contribution is -2.47. The Morgan fingerprint density at radius 1 is 1.09 bits per heavy atom. The summed E-state index contributed by atoms with van der Waals surface area (Å²) in [6, 6.07) is 9.65. The molecule has 1 amide bonds. The maximum Gasteiger partial charge on any atom is 0.416 e. The van der Waals surface area contributed by atoms with E-state index in [0.717, 1.165) is 30.9 Å². The summed E-state index contributed by atoms with van der Waals surface area (Å²) in [5.41, 5.74) is 0.614. The van der Waals surface area contributed by atoms with Crippen molar-refractivity contribution in [2.24, 2.45) is 18.9 Å². The Balaban J connectivity index is 1.29. The van der Waals surface area contributed by atoms with Gasteiger partial charge in [0.1, 0.15) is 12.2 Å². The number of alkyl halides is 6. The van der Waals surface area contributed by atoms with Crippen molar-refractivity contribution >= 4 is 11.6 Å². The van der Waals surface area contributed by atoms with Crippen LogP contribution in [0.25, 0.3) is 0 Å². The predicted molar refractivity (Wildman–Crippen MR) is 147 cm³/mol. The number of nitrogens with zero attached hydrogens (tertiary/aromatic N) is 4. The molecule has 0 saturated heterocycles. The minimum atomic E-state index is -4.63. The maximum atomic E-state index is 14.2. The SMILES string of the molecule is Cn1cnnc1C(c1cccc(N2Cc3c(cc(CNC4(C)CCC4)cc3C(F)(F)F)C2=O)c1)[C@H]1C[C@@H](CC(F)(F)F)C1. The van der Waals surface area contributed by atoms with Crippen molar-refractivity contribution in [2.75, 3.05) is 4.90 Å². The molecule has 1 aromatic heterocycles. The highest BCUT2D eigenvalue weighted by Crippen LogP contribution is 2.50. The number of hydrogen-bond donors (Lipinski definition) is 1. The van der Waals surface area contributed by atoms with Crippen LogP contribution < -0.4 is 10.2 Å². The van der Waals surface area contributed by atoms with Crippen LogP contribution in [-0.2, 0) is 26.3 Å². The maximum absolute atomic E-state index is 14.2. The van der Waals surface area contributed by atoms with E-state index in [4.69, 9.17) is 0 Å². The van der Waals surface area contributed by atoms with E-state index in [2.05, 4.69) is 15.5 Å². The van der Waals surface area contributed by atoms with E-state index in [1.54, 1.807) is 35.9 Å². The van der Waals surface area contributed by atoms with Gasteiger partial charge in [-0.3, -0.25) is 4.79 Å². The van der Waals surface area contributed by atoms with E-state index >= 15 is 0 Å². The molecule has 12 heteroatoms. The van der Waals surface area contributed by atoms with E-state index in [9.17, 15) is 31.1 Å². The number of nitrogens with one attached hydrogen (secondary N) is 1. The standard InChI is InChI=1S/C31H33F6N5O/c1-29(7-4-8-29)38-15-19-11-23-24(25(12-19)31(35,36)37)16-42(28(23)43)22-6-3-5-20(13-22)26(27-40-39-17-41(27)2)21-9-18(10-21)14-30(32,33)34/h3,5-6,11-13,17-18,21,26,38H,4,7-10,14-16H2,1-2H3/t18-,21+,26?. The van der Waals surface area contributed by atoms with Crippen molar-refractivity contribution in [3.63, 3.8) is 0 Å². The Labute approximate surface area is 245 Å². The van der Waals surface area contributed by atoms with Crippen molar-refractivity contribution in [3.8, 4) is 0 Å². The molecule has 2 fully saturated rings. The van der Waals surface area contributed by atoms with E-state index < -0.39 is 36.2 Å². The van der Waals surface area contributed by atoms with Crippen LogP contribution in [0.1, 0.15) is 89.8 Å². The van der Waals surface area contributed by atoms with Crippen LogP contribution in [0.15, 0.2) is 42.7 Å². The number of anilines is 1. The first kappa shape index (κ1) is 29.7. The third kappa shape index (κ3) is 5.90. The lowest BCUT2D eigenvalue weighted by atomic mass is 9.65. The lowest BCUT2D eigenvalue weighted by Gasteiger charge is -2.40. The number of hydrogen-bond acceptors (Lipinski definition) is 4. The number of aromatic nitrogens is 3. The Hall–Kier alpha value is -3.41. The minimum absolute atomic E-state index is 0.0367. The second-order valence-corrected chi connectivity index (χ2v) is 12.6. The van der Waals surface area contributed by atoms with Crippen LogP contribution >= 0.6 is 0 Å². The van der Waals surface area contributed by atoms with Gasteiger partial charge in [-0.2, -0.15) is 26.3 Å². The highest BCUT2D eigenvalue weighted by atomic mass is 19.4. The van der Waals surface area contributed by atoms with Gasteiger partial charge in [-0.25, -0.2) is 0 Å². The van der Waals surface area contributed by atoms with Crippen LogP contribution in [0.5, 0.6) is 0 Å². The van der Waals surface area contributed by atoms with Crippen molar-refractivity contribution in [3.05, 3.63) is 76.4 Å². The molecule has 43 heavy (non-hydrogen) atoms. The second-order valence-electron chi connectivity index (χ2n) is 12.6. The molecule has 2 heterocycles.